The fraction of sp³-hybridized carbons (Fsp3) is 0. The Bertz CT molecular complexity index is 749. The van der Waals surface area contributed by atoms with Crippen molar-refractivity contribution in [3.05, 3.63) is 75.3 Å². The second kappa shape index (κ2) is 4.62. The summed E-state index contributed by atoms with van der Waals surface area (Å²) in [6.07, 6.45) is 1.62. The minimum absolute atomic E-state index is 0.00282. The van der Waals surface area contributed by atoms with Gasteiger partial charge in [-0.15, -0.1) is 0 Å². The molecule has 1 heterocycles. The summed E-state index contributed by atoms with van der Waals surface area (Å²) in [6, 6.07) is 13.2. The maximum Gasteiger partial charge on any atom is 0.344 e. The fourth-order valence-electron chi connectivity index (χ4n) is 2.07. The molecule has 98 valence electrons. The summed E-state index contributed by atoms with van der Waals surface area (Å²) in [5.74, 6) is 0.00313. The smallest absolute Gasteiger partial charge is 0.344 e. The molecule has 0 unspecified atom stereocenters. The number of benzene rings is 2. The van der Waals surface area contributed by atoms with Crippen LogP contribution in [0.3, 0.4) is 0 Å². The molecule has 20 heavy (non-hydrogen) atoms. The molecule has 0 radical (unpaired) electrons. The van der Waals surface area contributed by atoms with E-state index in [4.69, 9.17) is 4.74 Å². The van der Waals surface area contributed by atoms with Crippen LogP contribution in [0.2, 0.25) is 0 Å². The monoisotopic (exact) mass is 267 g/mol. The Morgan fingerprint density at radius 3 is 2.55 bits per heavy atom. The van der Waals surface area contributed by atoms with Gasteiger partial charge in [-0.05, 0) is 17.7 Å². The normalized spacial score (nSPS) is 15.0. The molecular formula is C15H9NO4. The molecule has 5 heteroatoms. The number of esters is 1. The molecule has 0 saturated heterocycles. The zero-order chi connectivity index (χ0) is 14.1. The van der Waals surface area contributed by atoms with Crippen LogP contribution in [0.15, 0.2) is 48.5 Å². The van der Waals surface area contributed by atoms with Crippen LogP contribution in [0.4, 0.5) is 5.69 Å². The van der Waals surface area contributed by atoms with Gasteiger partial charge in [-0.1, -0.05) is 30.3 Å². The first-order chi connectivity index (χ1) is 9.65. The number of rotatable bonds is 2. The van der Waals surface area contributed by atoms with Gasteiger partial charge in [0.25, 0.3) is 5.69 Å². The SMILES string of the molecule is O=C1OC(=Cc2cccc([N+](=O)[O-])c2)c2ccccc21. The van der Waals surface area contributed by atoms with Gasteiger partial charge in [0.05, 0.1) is 10.5 Å². The first-order valence-electron chi connectivity index (χ1n) is 5.93. The standard InChI is InChI=1S/C15H9NO4/c17-15-13-7-2-1-6-12(13)14(20-15)9-10-4-3-5-11(8-10)16(18)19/h1-9H. The highest BCUT2D eigenvalue weighted by Gasteiger charge is 2.25. The van der Waals surface area contributed by atoms with Crippen LogP contribution in [0.25, 0.3) is 11.8 Å². The van der Waals surface area contributed by atoms with Crippen molar-refractivity contribution in [2.75, 3.05) is 0 Å². The maximum absolute atomic E-state index is 11.7. The number of nitro groups is 1. The number of non-ortho nitro benzene ring substituents is 1. The number of nitrogens with zero attached hydrogens (tertiary/aromatic N) is 1. The van der Waals surface area contributed by atoms with Gasteiger partial charge >= 0.3 is 5.97 Å². The van der Waals surface area contributed by atoms with Crippen LogP contribution in [-0.2, 0) is 4.74 Å². The first kappa shape index (κ1) is 12.1. The summed E-state index contributed by atoms with van der Waals surface area (Å²) in [4.78, 5) is 21.9. The van der Waals surface area contributed by atoms with Crippen molar-refractivity contribution in [2.24, 2.45) is 0 Å². The van der Waals surface area contributed by atoms with E-state index in [1.54, 1.807) is 36.4 Å². The van der Waals surface area contributed by atoms with Crippen LogP contribution in [-0.4, -0.2) is 10.9 Å². The number of carbonyl (C=O) groups is 1. The number of ether oxygens (including phenoxy) is 1. The average Bonchev–Trinajstić information content (AvgIpc) is 2.76. The van der Waals surface area contributed by atoms with E-state index in [0.717, 1.165) is 0 Å². The lowest BCUT2D eigenvalue weighted by Crippen LogP contribution is -1.92. The lowest BCUT2D eigenvalue weighted by atomic mass is 10.1. The van der Waals surface area contributed by atoms with Gasteiger partial charge in [-0.2, -0.15) is 0 Å². The summed E-state index contributed by atoms with van der Waals surface area (Å²) in [6.45, 7) is 0. The molecule has 0 atom stereocenters. The Morgan fingerprint density at radius 2 is 1.80 bits per heavy atom. The Kier molecular flexibility index (Phi) is 2.80. The second-order valence-corrected chi connectivity index (χ2v) is 4.30. The topological polar surface area (TPSA) is 69.4 Å². The molecule has 0 bridgehead atoms. The number of hydrogen-bond donors (Lipinski definition) is 0. The van der Waals surface area contributed by atoms with Crippen molar-refractivity contribution in [1.29, 1.82) is 0 Å². The summed E-state index contributed by atoms with van der Waals surface area (Å²) in [5.41, 5.74) is 1.81. The van der Waals surface area contributed by atoms with Crippen molar-refractivity contribution in [3.63, 3.8) is 0 Å². The van der Waals surface area contributed by atoms with E-state index in [1.165, 1.54) is 12.1 Å². The zero-order valence-corrected chi connectivity index (χ0v) is 10.3. The minimum Gasteiger partial charge on any atom is -0.422 e. The molecule has 2 aromatic rings. The molecule has 0 aliphatic carbocycles. The quantitative estimate of drug-likeness (QED) is 0.475. The summed E-state index contributed by atoms with van der Waals surface area (Å²) < 4.78 is 5.19. The van der Waals surface area contributed by atoms with Gasteiger partial charge in [-0.3, -0.25) is 10.1 Å². The van der Waals surface area contributed by atoms with Crippen LogP contribution in [0.1, 0.15) is 21.5 Å². The molecule has 3 rings (SSSR count). The maximum atomic E-state index is 11.7. The van der Waals surface area contributed by atoms with Crippen molar-refractivity contribution in [1.82, 2.24) is 0 Å². The molecule has 5 nitrogen and oxygen atoms in total. The van der Waals surface area contributed by atoms with Crippen molar-refractivity contribution in [3.8, 4) is 0 Å². The van der Waals surface area contributed by atoms with E-state index >= 15 is 0 Å². The Morgan fingerprint density at radius 1 is 1.05 bits per heavy atom. The number of carbonyl (C=O) groups excluding carboxylic acids is 1. The fourth-order valence-corrected chi connectivity index (χ4v) is 2.07. The van der Waals surface area contributed by atoms with E-state index in [9.17, 15) is 14.9 Å². The van der Waals surface area contributed by atoms with E-state index in [0.29, 0.717) is 22.4 Å². The van der Waals surface area contributed by atoms with E-state index in [2.05, 4.69) is 0 Å². The summed E-state index contributed by atoms with van der Waals surface area (Å²) >= 11 is 0. The zero-order valence-electron chi connectivity index (χ0n) is 10.3. The third-order valence-electron chi connectivity index (χ3n) is 2.99. The predicted molar refractivity (Wildman–Crippen MR) is 72.8 cm³/mol. The number of cyclic esters (lactones) is 1. The van der Waals surface area contributed by atoms with Crippen LogP contribution < -0.4 is 0 Å². The lowest BCUT2D eigenvalue weighted by molar-refractivity contribution is -0.384. The number of hydrogen-bond acceptors (Lipinski definition) is 4. The third kappa shape index (κ3) is 2.05. The van der Waals surface area contributed by atoms with Gasteiger partial charge in [0.1, 0.15) is 5.76 Å². The highest BCUT2D eigenvalue weighted by Crippen LogP contribution is 2.31. The predicted octanol–water partition coefficient (Wildman–Crippen LogP) is 3.26. The van der Waals surface area contributed by atoms with Gasteiger partial charge in [0.15, 0.2) is 0 Å². The van der Waals surface area contributed by atoms with E-state index < -0.39 is 10.9 Å². The van der Waals surface area contributed by atoms with Crippen LogP contribution >= 0.6 is 0 Å². The second-order valence-electron chi connectivity index (χ2n) is 4.30. The molecule has 0 aromatic heterocycles. The Balaban J connectivity index is 2.04. The Labute approximate surface area is 114 Å². The van der Waals surface area contributed by atoms with Crippen molar-refractivity contribution < 1.29 is 14.5 Å². The van der Waals surface area contributed by atoms with Gasteiger partial charge in [0, 0.05) is 17.7 Å². The first-order valence-corrected chi connectivity index (χ1v) is 5.93. The van der Waals surface area contributed by atoms with Crippen LogP contribution in [0.5, 0.6) is 0 Å². The summed E-state index contributed by atoms with van der Waals surface area (Å²) in [7, 11) is 0. The lowest BCUT2D eigenvalue weighted by Gasteiger charge is -1.99. The van der Waals surface area contributed by atoms with Gasteiger partial charge < -0.3 is 4.74 Å². The van der Waals surface area contributed by atoms with E-state index in [-0.39, 0.29) is 5.69 Å². The molecule has 1 aliphatic rings. The van der Waals surface area contributed by atoms with Gasteiger partial charge in [0.2, 0.25) is 0 Å². The number of nitro benzene ring substituents is 1. The molecular weight excluding hydrogens is 258 g/mol. The minimum atomic E-state index is -0.462. The third-order valence-corrected chi connectivity index (χ3v) is 2.99. The molecule has 0 N–H and O–H groups in total. The van der Waals surface area contributed by atoms with Crippen molar-refractivity contribution >= 4 is 23.5 Å². The molecule has 0 spiro atoms. The van der Waals surface area contributed by atoms with Crippen molar-refractivity contribution in [2.45, 2.75) is 0 Å². The van der Waals surface area contributed by atoms with E-state index in [1.807, 2.05) is 6.07 Å². The largest absolute Gasteiger partial charge is 0.422 e. The highest BCUT2D eigenvalue weighted by atomic mass is 16.6. The number of fused-ring (bicyclic) bond motifs is 1. The molecule has 0 fully saturated rings. The highest BCUT2D eigenvalue weighted by molar-refractivity contribution is 6.05. The van der Waals surface area contributed by atoms with Gasteiger partial charge in [-0.25, -0.2) is 4.79 Å². The molecule has 0 saturated carbocycles. The summed E-state index contributed by atoms with van der Waals surface area (Å²) in [5, 5.41) is 10.7. The van der Waals surface area contributed by atoms with Crippen LogP contribution in [0, 0.1) is 10.1 Å². The molecule has 2 aromatic carbocycles. The molecule has 1 aliphatic heterocycles. The Hall–Kier alpha value is -2.95. The molecule has 0 amide bonds. The average molecular weight is 267 g/mol.